The van der Waals surface area contributed by atoms with E-state index >= 15 is 0 Å². The van der Waals surface area contributed by atoms with Gasteiger partial charge in [0.2, 0.25) is 5.91 Å². The first kappa shape index (κ1) is 14.7. The molecular formula is C12H21NO3. The molecule has 0 rings (SSSR count). The molecule has 0 spiro atoms. The average molecular weight is 227 g/mol. The van der Waals surface area contributed by atoms with Gasteiger partial charge in [-0.15, -0.1) is 0 Å². The molecule has 0 aliphatic rings. The van der Waals surface area contributed by atoms with Gasteiger partial charge in [-0.1, -0.05) is 26.2 Å². The van der Waals surface area contributed by atoms with Gasteiger partial charge in [-0.05, 0) is 20.3 Å². The van der Waals surface area contributed by atoms with Gasteiger partial charge in [-0.2, -0.15) is 0 Å². The first-order valence-corrected chi connectivity index (χ1v) is 5.69. The third kappa shape index (κ3) is 7.04. The molecule has 1 atom stereocenters. The molecule has 0 aromatic carbocycles. The van der Waals surface area contributed by atoms with E-state index in [4.69, 9.17) is 5.11 Å². The highest BCUT2D eigenvalue weighted by atomic mass is 16.4. The van der Waals surface area contributed by atoms with Gasteiger partial charge in [-0.25, -0.2) is 4.79 Å². The van der Waals surface area contributed by atoms with Gasteiger partial charge in [0.05, 0.1) is 0 Å². The molecule has 0 aliphatic carbocycles. The fraction of sp³-hybridized carbons (Fsp3) is 0.667. The topological polar surface area (TPSA) is 66.4 Å². The number of carbonyl (C=O) groups excluding carboxylic acids is 1. The van der Waals surface area contributed by atoms with E-state index in [0.29, 0.717) is 0 Å². The highest BCUT2D eigenvalue weighted by Crippen LogP contribution is 2.03. The molecule has 2 N–H and O–H groups in total. The summed E-state index contributed by atoms with van der Waals surface area (Å²) in [5.74, 6) is -1.39. The van der Waals surface area contributed by atoms with Crippen LogP contribution in [0.25, 0.3) is 0 Å². The Hall–Kier alpha value is -1.32. The lowest BCUT2D eigenvalue weighted by atomic mass is 10.1. The van der Waals surface area contributed by atoms with E-state index in [1.165, 1.54) is 6.92 Å². The predicted octanol–water partition coefficient (Wildman–Crippen LogP) is 2.10. The molecule has 0 saturated heterocycles. The third-order valence-corrected chi connectivity index (χ3v) is 2.32. The first-order chi connectivity index (χ1) is 7.47. The Morgan fingerprint density at radius 3 is 2.50 bits per heavy atom. The lowest BCUT2D eigenvalue weighted by Gasteiger charge is -2.13. The van der Waals surface area contributed by atoms with Crippen LogP contribution in [0.15, 0.2) is 11.6 Å². The molecule has 1 amide bonds. The van der Waals surface area contributed by atoms with Crippen LogP contribution in [0.2, 0.25) is 0 Å². The highest BCUT2D eigenvalue weighted by molar-refractivity contribution is 5.98. The van der Waals surface area contributed by atoms with E-state index in [9.17, 15) is 9.59 Å². The van der Waals surface area contributed by atoms with Gasteiger partial charge in [0.15, 0.2) is 0 Å². The van der Waals surface area contributed by atoms with Crippen molar-refractivity contribution in [1.29, 1.82) is 0 Å². The Balaban J connectivity index is 3.99. The summed E-state index contributed by atoms with van der Waals surface area (Å²) in [6.45, 7) is 5.56. The third-order valence-electron chi connectivity index (χ3n) is 2.32. The summed E-state index contributed by atoms with van der Waals surface area (Å²) in [6.07, 6.45) is 5.25. The van der Waals surface area contributed by atoms with Gasteiger partial charge in [0, 0.05) is 17.7 Å². The van der Waals surface area contributed by atoms with E-state index in [-0.39, 0.29) is 17.5 Å². The van der Waals surface area contributed by atoms with Crippen LogP contribution in [0.3, 0.4) is 0 Å². The molecule has 16 heavy (non-hydrogen) atoms. The van der Waals surface area contributed by atoms with Crippen LogP contribution in [0.4, 0.5) is 0 Å². The molecule has 0 aliphatic heterocycles. The molecule has 0 fully saturated rings. The number of carboxylic acid groups (broad SMARTS) is 1. The number of unbranched alkanes of at least 4 members (excludes halogenated alkanes) is 2. The molecule has 4 nitrogen and oxygen atoms in total. The largest absolute Gasteiger partial charge is 0.478 e. The van der Waals surface area contributed by atoms with Crippen LogP contribution < -0.4 is 5.32 Å². The zero-order valence-corrected chi connectivity index (χ0v) is 10.2. The molecule has 0 saturated carbocycles. The van der Waals surface area contributed by atoms with Crippen LogP contribution in [-0.4, -0.2) is 23.0 Å². The molecule has 0 aromatic heterocycles. The van der Waals surface area contributed by atoms with Crippen LogP contribution in [0, 0.1) is 0 Å². The minimum Gasteiger partial charge on any atom is -0.478 e. The Kier molecular flexibility index (Phi) is 7.25. The van der Waals surface area contributed by atoms with Gasteiger partial charge in [0.25, 0.3) is 0 Å². The molecule has 4 heteroatoms. The van der Waals surface area contributed by atoms with Crippen molar-refractivity contribution in [3.05, 3.63) is 11.6 Å². The molecular weight excluding hydrogens is 206 g/mol. The number of rotatable bonds is 7. The summed E-state index contributed by atoms with van der Waals surface area (Å²) < 4.78 is 0. The number of hydrogen-bond donors (Lipinski definition) is 2. The van der Waals surface area contributed by atoms with Crippen molar-refractivity contribution in [2.24, 2.45) is 0 Å². The van der Waals surface area contributed by atoms with Crippen LogP contribution in [0.1, 0.15) is 46.5 Å². The lowest BCUT2D eigenvalue weighted by molar-refractivity contribution is -0.131. The van der Waals surface area contributed by atoms with Gasteiger partial charge >= 0.3 is 5.97 Å². The quantitative estimate of drug-likeness (QED) is 0.517. The molecule has 92 valence electrons. The molecule has 0 heterocycles. The number of nitrogens with one attached hydrogen (secondary N) is 1. The van der Waals surface area contributed by atoms with Crippen LogP contribution >= 0.6 is 0 Å². The minimum atomic E-state index is -1.09. The molecule has 0 bridgehead atoms. The molecule has 0 radical (unpaired) electrons. The van der Waals surface area contributed by atoms with Crippen molar-refractivity contribution in [2.45, 2.75) is 52.5 Å². The summed E-state index contributed by atoms with van der Waals surface area (Å²) in [5, 5.41) is 11.3. The zero-order valence-electron chi connectivity index (χ0n) is 10.2. The van der Waals surface area contributed by atoms with E-state index in [0.717, 1.165) is 31.8 Å². The smallest absolute Gasteiger partial charge is 0.328 e. The number of carbonyl (C=O) groups is 2. The SMILES string of the molecule is CCCCCC(C)NC(=O)/C(C)=C\C(=O)O. The fourth-order valence-corrected chi connectivity index (χ4v) is 1.36. The Bertz CT molecular complexity index is 271. The van der Waals surface area contributed by atoms with Crippen molar-refractivity contribution in [2.75, 3.05) is 0 Å². The van der Waals surface area contributed by atoms with E-state index in [2.05, 4.69) is 12.2 Å². The van der Waals surface area contributed by atoms with E-state index < -0.39 is 5.97 Å². The van der Waals surface area contributed by atoms with Crippen LogP contribution in [-0.2, 0) is 9.59 Å². The van der Waals surface area contributed by atoms with Crippen molar-refractivity contribution in [3.8, 4) is 0 Å². The first-order valence-electron chi connectivity index (χ1n) is 5.69. The van der Waals surface area contributed by atoms with Crippen molar-refractivity contribution >= 4 is 11.9 Å². The zero-order chi connectivity index (χ0) is 12.6. The summed E-state index contributed by atoms with van der Waals surface area (Å²) in [6, 6.07) is 0.0937. The van der Waals surface area contributed by atoms with Crippen molar-refractivity contribution in [3.63, 3.8) is 0 Å². The summed E-state index contributed by atoms with van der Waals surface area (Å²) in [7, 11) is 0. The summed E-state index contributed by atoms with van der Waals surface area (Å²) in [5.41, 5.74) is 0.231. The van der Waals surface area contributed by atoms with Gasteiger partial charge in [-0.3, -0.25) is 4.79 Å². The number of hydrogen-bond acceptors (Lipinski definition) is 2. The minimum absolute atomic E-state index is 0.0937. The lowest BCUT2D eigenvalue weighted by Crippen LogP contribution is -2.33. The highest BCUT2D eigenvalue weighted by Gasteiger charge is 2.09. The Morgan fingerprint density at radius 1 is 1.38 bits per heavy atom. The molecule has 0 aromatic rings. The van der Waals surface area contributed by atoms with E-state index in [1.807, 2.05) is 6.92 Å². The Morgan fingerprint density at radius 2 is 2.00 bits per heavy atom. The second kappa shape index (κ2) is 7.91. The maximum Gasteiger partial charge on any atom is 0.328 e. The fourth-order valence-electron chi connectivity index (χ4n) is 1.36. The second-order valence-corrected chi connectivity index (χ2v) is 4.04. The number of aliphatic carboxylic acids is 1. The monoisotopic (exact) mass is 227 g/mol. The van der Waals surface area contributed by atoms with Gasteiger partial charge < -0.3 is 10.4 Å². The van der Waals surface area contributed by atoms with Crippen LogP contribution in [0.5, 0.6) is 0 Å². The standard InChI is InChI=1S/C12H21NO3/c1-4-5-6-7-10(3)13-12(16)9(2)8-11(14)15/h8,10H,4-7H2,1-3H3,(H,13,16)(H,14,15)/b9-8-. The van der Waals surface area contributed by atoms with Gasteiger partial charge in [0.1, 0.15) is 0 Å². The molecule has 1 unspecified atom stereocenters. The van der Waals surface area contributed by atoms with Crippen molar-refractivity contribution in [1.82, 2.24) is 5.32 Å². The predicted molar refractivity (Wildman–Crippen MR) is 63.1 cm³/mol. The normalized spacial score (nSPS) is 13.3. The maximum atomic E-state index is 11.5. The Labute approximate surface area is 96.7 Å². The summed E-state index contributed by atoms with van der Waals surface area (Å²) in [4.78, 5) is 21.8. The second-order valence-electron chi connectivity index (χ2n) is 4.04. The van der Waals surface area contributed by atoms with Crippen molar-refractivity contribution < 1.29 is 14.7 Å². The summed E-state index contributed by atoms with van der Waals surface area (Å²) >= 11 is 0. The average Bonchev–Trinajstić information content (AvgIpc) is 2.16. The number of carboxylic acids is 1. The number of amides is 1. The maximum absolute atomic E-state index is 11.5. The van der Waals surface area contributed by atoms with E-state index in [1.54, 1.807) is 0 Å².